The maximum Gasteiger partial charge on any atom is 0.326 e. The number of nitrogens with one attached hydrogen (secondary N) is 3. The van der Waals surface area contributed by atoms with Gasteiger partial charge in [-0.05, 0) is 37.6 Å². The van der Waals surface area contributed by atoms with Crippen molar-refractivity contribution in [3.8, 4) is 0 Å². The smallest absolute Gasteiger partial charge is 0.326 e. The van der Waals surface area contributed by atoms with Crippen LogP contribution in [0, 0.1) is 11.8 Å². The summed E-state index contributed by atoms with van der Waals surface area (Å²) in [5, 5.41) is 17.1. The third kappa shape index (κ3) is 9.71. The van der Waals surface area contributed by atoms with Crippen LogP contribution < -0.4 is 27.4 Å². The summed E-state index contributed by atoms with van der Waals surface area (Å²) in [6, 6.07) is -2.85. The minimum Gasteiger partial charge on any atom is -0.480 e. The lowest BCUT2D eigenvalue weighted by molar-refractivity contribution is -0.143. The van der Waals surface area contributed by atoms with Gasteiger partial charge in [0.2, 0.25) is 17.7 Å². The molecule has 8 N–H and O–H groups in total. The summed E-state index contributed by atoms with van der Waals surface area (Å²) in [6.07, 6.45) is 2.10. The number of carbonyl (C=O) groups is 4. The van der Waals surface area contributed by atoms with E-state index < -0.39 is 41.8 Å². The summed E-state index contributed by atoms with van der Waals surface area (Å²) < 4.78 is 0. The average Bonchev–Trinajstić information content (AvgIpc) is 2.67. The molecule has 0 aliphatic heterocycles. The van der Waals surface area contributed by atoms with Gasteiger partial charge < -0.3 is 32.5 Å². The molecule has 4 unspecified atom stereocenters. The van der Waals surface area contributed by atoms with Crippen molar-refractivity contribution in [2.75, 3.05) is 13.1 Å². The molecular formula is C19H37N5O5. The maximum atomic E-state index is 12.8. The van der Waals surface area contributed by atoms with Crippen LogP contribution in [0.25, 0.3) is 0 Å². The second kappa shape index (κ2) is 13.9. The van der Waals surface area contributed by atoms with E-state index in [1.165, 1.54) is 0 Å². The van der Waals surface area contributed by atoms with E-state index in [0.29, 0.717) is 25.8 Å². The average molecular weight is 416 g/mol. The summed E-state index contributed by atoms with van der Waals surface area (Å²) in [5.41, 5.74) is 10.7. The van der Waals surface area contributed by atoms with Crippen LogP contribution in [-0.2, 0) is 19.2 Å². The van der Waals surface area contributed by atoms with Crippen LogP contribution in [0.4, 0.5) is 0 Å². The molecule has 10 heteroatoms. The summed E-state index contributed by atoms with van der Waals surface area (Å²) in [5.74, 6) is -3.17. The van der Waals surface area contributed by atoms with Gasteiger partial charge in [0.1, 0.15) is 18.1 Å². The van der Waals surface area contributed by atoms with Gasteiger partial charge in [-0.25, -0.2) is 4.79 Å². The number of hydrogen-bond acceptors (Lipinski definition) is 6. The molecule has 0 saturated heterocycles. The lowest BCUT2D eigenvalue weighted by Crippen LogP contribution is -2.59. The van der Waals surface area contributed by atoms with Crippen LogP contribution in [0.1, 0.15) is 53.4 Å². The maximum absolute atomic E-state index is 12.8. The molecule has 0 spiro atoms. The molecule has 0 aliphatic carbocycles. The minimum atomic E-state index is -1.14. The topological polar surface area (TPSA) is 177 Å². The van der Waals surface area contributed by atoms with Crippen LogP contribution in [-0.4, -0.2) is 60.0 Å². The van der Waals surface area contributed by atoms with Crippen molar-refractivity contribution in [1.82, 2.24) is 16.0 Å². The van der Waals surface area contributed by atoms with E-state index in [2.05, 4.69) is 16.0 Å². The first-order valence-electron chi connectivity index (χ1n) is 10.1. The highest BCUT2D eigenvalue weighted by molar-refractivity contribution is 5.93. The number of carboxylic acids is 1. The summed E-state index contributed by atoms with van der Waals surface area (Å²) in [4.78, 5) is 48.6. The Morgan fingerprint density at radius 2 is 1.48 bits per heavy atom. The Hall–Kier alpha value is -2.20. The first-order valence-corrected chi connectivity index (χ1v) is 10.1. The Labute approximate surface area is 172 Å². The van der Waals surface area contributed by atoms with Crippen molar-refractivity contribution in [1.29, 1.82) is 0 Å². The largest absolute Gasteiger partial charge is 0.480 e. The van der Waals surface area contributed by atoms with E-state index in [9.17, 15) is 24.3 Å². The van der Waals surface area contributed by atoms with E-state index in [-0.39, 0.29) is 24.8 Å². The fourth-order valence-corrected chi connectivity index (χ4v) is 2.72. The van der Waals surface area contributed by atoms with Crippen LogP contribution >= 0.6 is 0 Å². The number of rotatable bonds is 14. The molecule has 0 heterocycles. The van der Waals surface area contributed by atoms with Crippen LogP contribution in [0.3, 0.4) is 0 Å². The molecule has 10 nitrogen and oxygen atoms in total. The van der Waals surface area contributed by atoms with Gasteiger partial charge in [-0.15, -0.1) is 0 Å². The summed E-state index contributed by atoms with van der Waals surface area (Å²) in [7, 11) is 0. The SMILES string of the molecule is CCC(C)C(NC(=O)CN)C(=O)NC(C(=O)NC(CCCCN)C(=O)O)C(C)C. The first-order chi connectivity index (χ1) is 13.6. The quantitative estimate of drug-likeness (QED) is 0.203. The van der Waals surface area contributed by atoms with Gasteiger partial charge in [-0.2, -0.15) is 0 Å². The summed E-state index contributed by atoms with van der Waals surface area (Å²) in [6.45, 7) is 7.36. The van der Waals surface area contributed by atoms with Crippen molar-refractivity contribution in [2.45, 2.75) is 71.5 Å². The molecule has 29 heavy (non-hydrogen) atoms. The highest BCUT2D eigenvalue weighted by atomic mass is 16.4. The Bertz CT molecular complexity index is 555. The third-order valence-corrected chi connectivity index (χ3v) is 4.81. The molecule has 0 bridgehead atoms. The molecule has 0 aromatic heterocycles. The Morgan fingerprint density at radius 3 is 1.93 bits per heavy atom. The molecule has 0 fully saturated rings. The van der Waals surface area contributed by atoms with Gasteiger partial charge in [-0.1, -0.05) is 34.1 Å². The Kier molecular flexibility index (Phi) is 12.8. The van der Waals surface area contributed by atoms with Gasteiger partial charge in [0, 0.05) is 0 Å². The van der Waals surface area contributed by atoms with E-state index in [0.717, 1.165) is 0 Å². The molecule has 0 saturated carbocycles. The molecule has 0 aromatic carbocycles. The molecule has 0 aromatic rings. The monoisotopic (exact) mass is 415 g/mol. The minimum absolute atomic E-state index is 0.176. The molecule has 3 amide bonds. The van der Waals surface area contributed by atoms with Gasteiger partial charge in [0.25, 0.3) is 0 Å². The predicted octanol–water partition coefficient (Wildman–Crippen LogP) is -0.685. The van der Waals surface area contributed by atoms with Crippen LogP contribution in [0.15, 0.2) is 0 Å². The van der Waals surface area contributed by atoms with Crippen molar-refractivity contribution in [3.05, 3.63) is 0 Å². The van der Waals surface area contributed by atoms with Crippen molar-refractivity contribution in [3.63, 3.8) is 0 Å². The molecule has 0 radical (unpaired) electrons. The number of carboxylic acid groups (broad SMARTS) is 1. The molecule has 4 atom stereocenters. The van der Waals surface area contributed by atoms with Gasteiger partial charge in [0.15, 0.2) is 0 Å². The fraction of sp³-hybridized carbons (Fsp3) is 0.789. The first kappa shape index (κ1) is 26.8. The van der Waals surface area contributed by atoms with Gasteiger partial charge >= 0.3 is 5.97 Å². The summed E-state index contributed by atoms with van der Waals surface area (Å²) >= 11 is 0. The zero-order valence-corrected chi connectivity index (χ0v) is 17.9. The van der Waals surface area contributed by atoms with Crippen molar-refractivity contribution < 1.29 is 24.3 Å². The number of carbonyl (C=O) groups excluding carboxylic acids is 3. The number of nitrogens with two attached hydrogens (primary N) is 2. The van der Waals surface area contributed by atoms with Crippen molar-refractivity contribution >= 4 is 23.7 Å². The van der Waals surface area contributed by atoms with Gasteiger partial charge in [-0.3, -0.25) is 14.4 Å². The molecule has 0 aliphatic rings. The zero-order chi connectivity index (χ0) is 22.6. The second-order valence-corrected chi connectivity index (χ2v) is 7.55. The number of hydrogen-bond donors (Lipinski definition) is 6. The zero-order valence-electron chi connectivity index (χ0n) is 17.9. The number of amides is 3. The van der Waals surface area contributed by atoms with Crippen molar-refractivity contribution in [2.24, 2.45) is 23.3 Å². The Morgan fingerprint density at radius 1 is 0.897 bits per heavy atom. The molecular weight excluding hydrogens is 378 g/mol. The van der Waals surface area contributed by atoms with E-state index in [4.69, 9.17) is 11.5 Å². The van der Waals surface area contributed by atoms with E-state index in [1.807, 2.05) is 13.8 Å². The fourth-order valence-electron chi connectivity index (χ4n) is 2.72. The number of aliphatic carboxylic acids is 1. The van der Waals surface area contributed by atoms with Crippen LogP contribution in [0.2, 0.25) is 0 Å². The molecule has 168 valence electrons. The predicted molar refractivity (Wildman–Crippen MR) is 110 cm³/mol. The second-order valence-electron chi connectivity index (χ2n) is 7.55. The highest BCUT2D eigenvalue weighted by Gasteiger charge is 2.32. The third-order valence-electron chi connectivity index (χ3n) is 4.81. The lowest BCUT2D eigenvalue weighted by atomic mass is 9.96. The normalized spacial score (nSPS) is 15.1. The molecule has 0 rings (SSSR count). The standard InChI is InChI=1S/C19H37N5O5/c1-5-12(4)16(23-14(25)10-21)18(27)24-15(11(2)3)17(26)22-13(19(28)29)8-6-7-9-20/h11-13,15-16H,5-10,20-21H2,1-4H3,(H,22,26)(H,23,25)(H,24,27)(H,28,29). The Balaban J connectivity index is 5.25. The van der Waals surface area contributed by atoms with E-state index >= 15 is 0 Å². The highest BCUT2D eigenvalue weighted by Crippen LogP contribution is 2.11. The van der Waals surface area contributed by atoms with Crippen LogP contribution in [0.5, 0.6) is 0 Å². The number of unbranched alkanes of at least 4 members (excludes halogenated alkanes) is 1. The van der Waals surface area contributed by atoms with E-state index in [1.54, 1.807) is 13.8 Å². The lowest BCUT2D eigenvalue weighted by Gasteiger charge is -2.28. The van der Waals surface area contributed by atoms with Gasteiger partial charge in [0.05, 0.1) is 6.54 Å².